The number of hydrogen-bond donors (Lipinski definition) is 0. The molecule has 4 rings (SSSR count). The number of halogens is 1. The third kappa shape index (κ3) is 4.10. The average molecular weight is 498 g/mol. The molecule has 2 aromatic carbocycles. The predicted octanol–water partition coefficient (Wildman–Crippen LogP) is 2.59. The van der Waals surface area contributed by atoms with Gasteiger partial charge in [0, 0.05) is 17.2 Å². The molecule has 0 unspecified atom stereocenters. The fraction of sp³-hybridized carbons (Fsp3) is 0.105. The van der Waals surface area contributed by atoms with Gasteiger partial charge in [0.25, 0.3) is 5.52 Å². The fourth-order valence-electron chi connectivity index (χ4n) is 3.22. The Kier molecular flexibility index (Phi) is 5.30. The van der Waals surface area contributed by atoms with E-state index in [0.29, 0.717) is 13.8 Å². The molecular formula is C19H14ClN2O8S2-. The Balaban J connectivity index is 1.85. The van der Waals surface area contributed by atoms with Crippen LogP contribution in [-0.4, -0.2) is 25.9 Å². The fourth-order valence-corrected chi connectivity index (χ4v) is 4.78. The molecule has 0 saturated carbocycles. The van der Waals surface area contributed by atoms with E-state index in [1.165, 1.54) is 49.4 Å². The SMILES string of the molecule is CC(=Cc1oc2ccc(Cl)cc2[n+]1S(=O)(=O)[O-])C=C1Oc2ccc(C)cc2N1S(=O)(=O)[O-]. The number of anilines is 1. The summed E-state index contributed by atoms with van der Waals surface area (Å²) in [5.74, 6) is -0.510. The highest BCUT2D eigenvalue weighted by Crippen LogP contribution is 2.41. The van der Waals surface area contributed by atoms with E-state index in [2.05, 4.69) is 0 Å². The Morgan fingerprint density at radius 3 is 2.50 bits per heavy atom. The highest BCUT2D eigenvalue weighted by atomic mass is 35.5. The molecule has 0 saturated heterocycles. The van der Waals surface area contributed by atoms with E-state index >= 15 is 0 Å². The van der Waals surface area contributed by atoms with Crippen LogP contribution in [0, 0.1) is 6.92 Å². The minimum Gasteiger partial charge on any atom is -0.730 e. The van der Waals surface area contributed by atoms with Crippen LogP contribution in [0.3, 0.4) is 0 Å². The Hall–Kier alpha value is -2.90. The van der Waals surface area contributed by atoms with Gasteiger partial charge in [-0.15, -0.1) is 0 Å². The van der Waals surface area contributed by atoms with Crippen molar-refractivity contribution in [1.29, 1.82) is 0 Å². The van der Waals surface area contributed by atoms with Gasteiger partial charge in [0.15, 0.2) is 16.1 Å². The number of nitrogens with zero attached hydrogens (tertiary/aromatic N) is 2. The summed E-state index contributed by atoms with van der Waals surface area (Å²) in [6.07, 6.45) is 2.39. The second-order valence-corrected chi connectivity index (χ2v) is 9.82. The van der Waals surface area contributed by atoms with Crippen molar-refractivity contribution in [1.82, 2.24) is 0 Å². The van der Waals surface area contributed by atoms with E-state index in [-0.39, 0.29) is 44.9 Å². The molecule has 0 aliphatic carbocycles. The Morgan fingerprint density at radius 2 is 1.84 bits per heavy atom. The van der Waals surface area contributed by atoms with Gasteiger partial charge in [-0.1, -0.05) is 17.7 Å². The Labute approximate surface area is 188 Å². The van der Waals surface area contributed by atoms with Crippen LogP contribution in [0.25, 0.3) is 17.2 Å². The number of benzene rings is 2. The van der Waals surface area contributed by atoms with Crippen LogP contribution in [0.15, 0.2) is 58.3 Å². The van der Waals surface area contributed by atoms with Crippen molar-refractivity contribution in [3.8, 4) is 5.75 Å². The van der Waals surface area contributed by atoms with Crippen LogP contribution in [0.5, 0.6) is 5.75 Å². The maximum atomic E-state index is 11.9. The molecule has 3 aromatic rings. The molecule has 10 nitrogen and oxygen atoms in total. The second-order valence-electron chi connectivity index (χ2n) is 6.94. The summed E-state index contributed by atoms with van der Waals surface area (Å²) < 4.78 is 83.0. The first-order valence-electron chi connectivity index (χ1n) is 8.90. The minimum atomic E-state index is -5.03. The lowest BCUT2D eigenvalue weighted by Gasteiger charge is -2.21. The molecule has 1 aliphatic rings. The molecule has 0 amide bonds. The number of aryl methyl sites for hydroxylation is 1. The molecule has 0 radical (unpaired) electrons. The zero-order valence-electron chi connectivity index (χ0n) is 16.5. The van der Waals surface area contributed by atoms with Crippen molar-refractivity contribution in [2.75, 3.05) is 4.31 Å². The standard InChI is InChI=1S/C19H15ClN2O8S2/c1-11-3-5-16-14(7-11)21(31(23,24)25)18(29-16)8-12(2)9-19-22(32(26,27)28)15-10-13(20)4-6-17(15)30-19/h3-10H,1-2H3,(H-,23,24,25,26,27,28)/p-1. The van der Waals surface area contributed by atoms with Crippen LogP contribution < -0.4 is 13.0 Å². The number of fused-ring (bicyclic) bond motifs is 2. The van der Waals surface area contributed by atoms with Crippen molar-refractivity contribution < 1.29 is 39.1 Å². The van der Waals surface area contributed by atoms with Crippen molar-refractivity contribution in [2.24, 2.45) is 0 Å². The maximum absolute atomic E-state index is 11.9. The van der Waals surface area contributed by atoms with Gasteiger partial charge in [-0.05, 0) is 53.2 Å². The monoisotopic (exact) mass is 497 g/mol. The summed E-state index contributed by atoms with van der Waals surface area (Å²) >= 11 is 5.90. The molecule has 0 N–H and O–H groups in total. The van der Waals surface area contributed by atoms with Gasteiger partial charge in [-0.25, -0.2) is 12.7 Å². The zero-order chi connectivity index (χ0) is 23.4. The Bertz CT molecular complexity index is 1540. The molecule has 13 heteroatoms. The van der Waals surface area contributed by atoms with E-state index in [1.54, 1.807) is 13.0 Å². The van der Waals surface area contributed by atoms with E-state index in [9.17, 15) is 25.9 Å². The molecule has 0 atom stereocenters. The van der Waals surface area contributed by atoms with Crippen molar-refractivity contribution in [3.05, 3.63) is 70.4 Å². The van der Waals surface area contributed by atoms with E-state index in [1.807, 2.05) is 0 Å². The number of aromatic nitrogens is 1. The summed E-state index contributed by atoms with van der Waals surface area (Å²) in [4.78, 5) is 0. The number of allylic oxidation sites excluding steroid dienone is 2. The van der Waals surface area contributed by atoms with Gasteiger partial charge in [0.1, 0.15) is 5.69 Å². The third-order valence-corrected chi connectivity index (χ3v) is 6.33. The molecule has 0 bridgehead atoms. The number of hydrogen-bond acceptors (Lipinski definition) is 8. The minimum absolute atomic E-state index is 0.0506. The van der Waals surface area contributed by atoms with Crippen LogP contribution in [0.2, 0.25) is 5.02 Å². The van der Waals surface area contributed by atoms with Gasteiger partial charge in [0.2, 0.25) is 11.5 Å². The smallest absolute Gasteiger partial charge is 0.391 e. The normalized spacial score (nSPS) is 16.0. The Morgan fingerprint density at radius 1 is 1.12 bits per heavy atom. The largest absolute Gasteiger partial charge is 0.730 e. The van der Waals surface area contributed by atoms with Gasteiger partial charge in [0.05, 0.1) is 6.08 Å². The lowest BCUT2D eigenvalue weighted by Crippen LogP contribution is -2.43. The zero-order valence-corrected chi connectivity index (χ0v) is 18.9. The molecule has 0 spiro atoms. The van der Waals surface area contributed by atoms with Gasteiger partial charge >= 0.3 is 16.2 Å². The maximum Gasteiger partial charge on any atom is 0.391 e. The number of rotatable bonds is 4. The first-order valence-corrected chi connectivity index (χ1v) is 12.0. The van der Waals surface area contributed by atoms with E-state index in [4.69, 9.17) is 20.8 Å². The van der Waals surface area contributed by atoms with E-state index < -0.39 is 20.6 Å². The molecule has 2 heterocycles. The van der Waals surface area contributed by atoms with E-state index in [0.717, 1.165) is 0 Å². The summed E-state index contributed by atoms with van der Waals surface area (Å²) in [5.41, 5.74) is 1.000. The van der Waals surface area contributed by atoms with Gasteiger partial charge in [-0.2, -0.15) is 8.42 Å². The first kappa shape index (κ1) is 22.3. The van der Waals surface area contributed by atoms with Crippen molar-refractivity contribution in [2.45, 2.75) is 13.8 Å². The summed E-state index contributed by atoms with van der Waals surface area (Å²) in [6, 6.07) is 8.79. The summed E-state index contributed by atoms with van der Waals surface area (Å²) in [5, 5.41) is 0.189. The molecule has 168 valence electrons. The molecule has 1 aromatic heterocycles. The molecule has 1 aliphatic heterocycles. The van der Waals surface area contributed by atoms with Crippen LogP contribution in [-0.2, 0) is 20.6 Å². The van der Waals surface area contributed by atoms with Gasteiger partial charge in [-0.3, -0.25) is 0 Å². The van der Waals surface area contributed by atoms with Crippen molar-refractivity contribution >= 4 is 55.1 Å². The number of oxazole rings is 1. The molecule has 32 heavy (non-hydrogen) atoms. The van der Waals surface area contributed by atoms with Crippen molar-refractivity contribution in [3.63, 3.8) is 0 Å². The lowest BCUT2D eigenvalue weighted by atomic mass is 10.2. The predicted molar refractivity (Wildman–Crippen MR) is 112 cm³/mol. The first-order chi connectivity index (χ1) is 14.8. The number of ether oxygens (including phenoxy) is 1. The average Bonchev–Trinajstić information content (AvgIpc) is 3.17. The van der Waals surface area contributed by atoms with Gasteiger partial charge < -0.3 is 18.3 Å². The topological polar surface area (TPSA) is 144 Å². The molecular weight excluding hydrogens is 484 g/mol. The summed E-state index contributed by atoms with van der Waals surface area (Å²) in [7, 11) is -10.0. The molecule has 0 fully saturated rings. The third-order valence-electron chi connectivity index (χ3n) is 4.45. The second kappa shape index (κ2) is 7.60. The van der Waals surface area contributed by atoms with Crippen LogP contribution in [0.1, 0.15) is 18.4 Å². The summed E-state index contributed by atoms with van der Waals surface area (Å²) in [6.45, 7) is 3.20. The lowest BCUT2D eigenvalue weighted by molar-refractivity contribution is -0.499. The quantitative estimate of drug-likeness (QED) is 0.395. The van der Waals surface area contributed by atoms with Crippen LogP contribution >= 0.6 is 11.6 Å². The highest BCUT2D eigenvalue weighted by Gasteiger charge is 2.32. The highest BCUT2D eigenvalue weighted by molar-refractivity contribution is 7.87. The van der Waals surface area contributed by atoms with Crippen LogP contribution in [0.4, 0.5) is 5.69 Å².